The van der Waals surface area contributed by atoms with Gasteiger partial charge in [-0.1, -0.05) is 18.9 Å². The number of amides is 2. The van der Waals surface area contributed by atoms with Crippen LogP contribution in [0.25, 0.3) is 10.9 Å². The van der Waals surface area contributed by atoms with E-state index in [1.807, 2.05) is 18.3 Å². The van der Waals surface area contributed by atoms with Gasteiger partial charge in [-0.25, -0.2) is 8.42 Å². The summed E-state index contributed by atoms with van der Waals surface area (Å²) in [7, 11) is -3.51. The van der Waals surface area contributed by atoms with Gasteiger partial charge in [0.1, 0.15) is 0 Å². The number of fused-ring (bicyclic) bond motifs is 2. The van der Waals surface area contributed by atoms with E-state index in [9.17, 15) is 18.0 Å². The lowest BCUT2D eigenvalue weighted by Crippen LogP contribution is -2.55. The molecule has 2 fully saturated rings. The van der Waals surface area contributed by atoms with Gasteiger partial charge in [0.05, 0.1) is 12.2 Å². The molecule has 1 saturated carbocycles. The molecule has 162 valence electrons. The maximum atomic E-state index is 13.2. The van der Waals surface area contributed by atoms with Gasteiger partial charge in [0.2, 0.25) is 15.9 Å². The Labute approximate surface area is 176 Å². The molecule has 2 unspecified atom stereocenters. The summed E-state index contributed by atoms with van der Waals surface area (Å²) in [6.07, 6.45) is 6.21. The minimum atomic E-state index is -3.51. The zero-order chi connectivity index (χ0) is 21.3. The topological polar surface area (TPSA) is 103 Å². The van der Waals surface area contributed by atoms with E-state index < -0.39 is 10.0 Å². The van der Waals surface area contributed by atoms with E-state index >= 15 is 0 Å². The first-order chi connectivity index (χ1) is 14.3. The van der Waals surface area contributed by atoms with E-state index in [2.05, 4.69) is 10.3 Å². The van der Waals surface area contributed by atoms with Crippen LogP contribution in [0.5, 0.6) is 0 Å². The van der Waals surface area contributed by atoms with Crippen LogP contribution >= 0.6 is 0 Å². The monoisotopic (exact) mass is 432 g/mol. The van der Waals surface area contributed by atoms with E-state index in [1.54, 1.807) is 17.0 Å². The number of aromatic amines is 1. The van der Waals surface area contributed by atoms with Gasteiger partial charge in [-0.2, -0.15) is 4.31 Å². The molecule has 1 aromatic carbocycles. The number of nitrogens with one attached hydrogen (secondary N) is 2. The minimum Gasteiger partial charge on any atom is -0.361 e. The van der Waals surface area contributed by atoms with E-state index in [4.69, 9.17) is 0 Å². The summed E-state index contributed by atoms with van der Waals surface area (Å²) in [5.41, 5.74) is 1.41. The van der Waals surface area contributed by atoms with Gasteiger partial charge in [-0.15, -0.1) is 0 Å². The summed E-state index contributed by atoms with van der Waals surface area (Å²) in [5, 5.41) is 3.94. The number of benzene rings is 1. The zero-order valence-electron chi connectivity index (χ0n) is 17.1. The predicted octanol–water partition coefficient (Wildman–Crippen LogP) is 1.56. The third-order valence-corrected chi connectivity index (χ3v) is 7.53. The number of hydrogen-bond donors (Lipinski definition) is 2. The third-order valence-electron chi connectivity index (χ3n) is 6.22. The van der Waals surface area contributed by atoms with Crippen LogP contribution < -0.4 is 5.32 Å². The first kappa shape index (κ1) is 20.9. The van der Waals surface area contributed by atoms with Crippen molar-refractivity contribution in [1.29, 1.82) is 0 Å². The van der Waals surface area contributed by atoms with Crippen LogP contribution in [0.2, 0.25) is 0 Å². The van der Waals surface area contributed by atoms with Crippen molar-refractivity contribution in [2.45, 2.75) is 31.7 Å². The van der Waals surface area contributed by atoms with Crippen molar-refractivity contribution in [3.05, 3.63) is 36.0 Å². The second-order valence-electron chi connectivity index (χ2n) is 8.19. The predicted molar refractivity (Wildman–Crippen MR) is 115 cm³/mol. The second kappa shape index (κ2) is 8.39. The maximum absolute atomic E-state index is 13.2. The Hall–Kier alpha value is -2.39. The molecule has 1 aliphatic heterocycles. The van der Waals surface area contributed by atoms with Gasteiger partial charge in [0.15, 0.2) is 0 Å². The standard InChI is InChI=1S/C21H28N4O4S/c1-30(28,29)25-13-12-24(11-10-23-20(26)17-4-2-3-5-19(17)25)21(27)16-7-6-15-8-9-22-18(15)14-16/h6-9,14,17,19,22H,2-5,10-13H2,1H3,(H,23,26). The van der Waals surface area contributed by atoms with E-state index in [-0.39, 0.29) is 36.9 Å². The molecule has 8 nitrogen and oxygen atoms in total. The van der Waals surface area contributed by atoms with E-state index in [0.717, 1.165) is 23.7 Å². The average Bonchev–Trinajstić information content (AvgIpc) is 3.19. The molecule has 1 aromatic heterocycles. The summed E-state index contributed by atoms with van der Waals surface area (Å²) in [5.74, 6) is -0.614. The Morgan fingerprint density at radius 2 is 1.90 bits per heavy atom. The Kier molecular flexibility index (Phi) is 5.84. The molecule has 1 saturated heterocycles. The minimum absolute atomic E-state index is 0.115. The van der Waals surface area contributed by atoms with E-state index in [0.29, 0.717) is 31.5 Å². The second-order valence-corrected chi connectivity index (χ2v) is 10.1. The van der Waals surface area contributed by atoms with Gasteiger partial charge in [-0.3, -0.25) is 9.59 Å². The summed E-state index contributed by atoms with van der Waals surface area (Å²) >= 11 is 0. The summed E-state index contributed by atoms with van der Waals surface area (Å²) in [6, 6.07) is 7.06. The van der Waals surface area contributed by atoms with Crippen LogP contribution in [-0.2, 0) is 14.8 Å². The molecule has 0 spiro atoms. The molecule has 2 N–H and O–H groups in total. The number of carbonyl (C=O) groups excluding carboxylic acids is 2. The molecule has 2 atom stereocenters. The Balaban J connectivity index is 1.60. The third kappa shape index (κ3) is 4.22. The van der Waals surface area contributed by atoms with Gasteiger partial charge < -0.3 is 15.2 Å². The highest BCUT2D eigenvalue weighted by Crippen LogP contribution is 2.30. The SMILES string of the molecule is CS(=O)(=O)N1CCN(C(=O)c2ccc3cc[nH]c3c2)CCNC(=O)C2CCCCC21. The number of nitrogens with zero attached hydrogens (tertiary/aromatic N) is 2. The first-order valence-corrected chi connectivity index (χ1v) is 12.3. The Morgan fingerprint density at radius 1 is 1.10 bits per heavy atom. The summed E-state index contributed by atoms with van der Waals surface area (Å²) in [6.45, 7) is 1.18. The Bertz CT molecular complexity index is 1050. The Morgan fingerprint density at radius 3 is 2.70 bits per heavy atom. The van der Waals surface area contributed by atoms with Crippen LogP contribution in [0, 0.1) is 5.92 Å². The highest BCUT2D eigenvalue weighted by Gasteiger charge is 2.39. The quantitative estimate of drug-likeness (QED) is 0.752. The van der Waals surface area contributed by atoms with Crippen LogP contribution in [-0.4, -0.2) is 72.9 Å². The fourth-order valence-corrected chi connectivity index (χ4v) is 5.84. The normalized spacial score (nSPS) is 24.3. The molecule has 2 aromatic rings. The van der Waals surface area contributed by atoms with Crippen molar-refractivity contribution >= 4 is 32.7 Å². The van der Waals surface area contributed by atoms with Crippen molar-refractivity contribution in [2.75, 3.05) is 32.4 Å². The van der Waals surface area contributed by atoms with Crippen molar-refractivity contribution in [2.24, 2.45) is 5.92 Å². The maximum Gasteiger partial charge on any atom is 0.254 e. The molecule has 2 aliphatic rings. The number of aromatic nitrogens is 1. The van der Waals surface area contributed by atoms with Crippen LogP contribution in [0.3, 0.4) is 0 Å². The van der Waals surface area contributed by atoms with Crippen molar-refractivity contribution in [3.63, 3.8) is 0 Å². The molecule has 4 rings (SSSR count). The lowest BCUT2D eigenvalue weighted by Gasteiger charge is -2.39. The molecule has 2 heterocycles. The number of hydrogen-bond acceptors (Lipinski definition) is 4. The smallest absolute Gasteiger partial charge is 0.254 e. The van der Waals surface area contributed by atoms with Gasteiger partial charge in [0, 0.05) is 49.5 Å². The van der Waals surface area contributed by atoms with Crippen LogP contribution in [0.4, 0.5) is 0 Å². The van der Waals surface area contributed by atoms with E-state index in [1.165, 1.54) is 10.6 Å². The van der Waals surface area contributed by atoms with Crippen LogP contribution in [0.1, 0.15) is 36.0 Å². The molecule has 0 bridgehead atoms. The van der Waals surface area contributed by atoms with Gasteiger partial charge >= 0.3 is 0 Å². The fourth-order valence-electron chi connectivity index (χ4n) is 4.68. The first-order valence-electron chi connectivity index (χ1n) is 10.5. The zero-order valence-corrected chi connectivity index (χ0v) is 18.0. The average molecular weight is 433 g/mol. The molecule has 0 radical (unpaired) electrons. The molecule has 1 aliphatic carbocycles. The molecular formula is C21H28N4O4S. The fraction of sp³-hybridized carbons (Fsp3) is 0.524. The molecule has 2 amide bonds. The van der Waals surface area contributed by atoms with Crippen molar-refractivity contribution in [1.82, 2.24) is 19.5 Å². The van der Waals surface area contributed by atoms with Gasteiger partial charge in [-0.05, 0) is 36.4 Å². The van der Waals surface area contributed by atoms with Gasteiger partial charge in [0.25, 0.3) is 5.91 Å². The highest BCUT2D eigenvalue weighted by atomic mass is 32.2. The molecule has 9 heteroatoms. The number of sulfonamides is 1. The number of H-pyrrole nitrogens is 1. The summed E-state index contributed by atoms with van der Waals surface area (Å²) in [4.78, 5) is 30.7. The lowest BCUT2D eigenvalue weighted by molar-refractivity contribution is -0.127. The van der Waals surface area contributed by atoms with Crippen molar-refractivity contribution < 1.29 is 18.0 Å². The largest absolute Gasteiger partial charge is 0.361 e. The summed E-state index contributed by atoms with van der Waals surface area (Å²) < 4.78 is 26.6. The number of carbonyl (C=O) groups is 2. The van der Waals surface area contributed by atoms with Crippen LogP contribution in [0.15, 0.2) is 30.5 Å². The molecule has 30 heavy (non-hydrogen) atoms. The lowest BCUT2D eigenvalue weighted by atomic mass is 9.83. The number of rotatable bonds is 2. The highest BCUT2D eigenvalue weighted by molar-refractivity contribution is 7.88. The molecular weight excluding hydrogens is 404 g/mol. The van der Waals surface area contributed by atoms with Crippen molar-refractivity contribution in [3.8, 4) is 0 Å².